The Morgan fingerprint density at radius 3 is 2.07 bits per heavy atom. The molecule has 0 unspecified atom stereocenters. The lowest BCUT2D eigenvalue weighted by atomic mass is 9.93. The Kier molecular flexibility index (Phi) is 3.67. The lowest BCUT2D eigenvalue weighted by Crippen LogP contribution is -2.17. The number of rotatable bonds is 3. The van der Waals surface area contributed by atoms with Gasteiger partial charge in [-0.3, -0.25) is 0 Å². The molecule has 0 bridgehead atoms. The second-order valence-electron chi connectivity index (χ2n) is 4.00. The number of aryl methyl sites for hydroxylation is 3. The number of nitrogens with two attached hydrogens (primary N) is 2. The van der Waals surface area contributed by atoms with Crippen LogP contribution in [0.2, 0.25) is 0 Å². The van der Waals surface area contributed by atoms with E-state index in [1.54, 1.807) is 0 Å². The zero-order chi connectivity index (χ0) is 10.7. The molecule has 78 valence electrons. The molecule has 14 heavy (non-hydrogen) atoms. The molecule has 1 atom stereocenters. The molecular weight excluding hydrogens is 172 g/mol. The van der Waals surface area contributed by atoms with Crippen molar-refractivity contribution in [1.29, 1.82) is 0 Å². The first-order valence-corrected chi connectivity index (χ1v) is 5.09. The standard InChI is InChI=1S/C12H20N2/c1-8-6-9(2)12(10(3)7-8)11(14)4-5-13/h6-7,11H,4-5,13-14H2,1-3H3/t11-/m0/s1. The van der Waals surface area contributed by atoms with Gasteiger partial charge in [0.1, 0.15) is 0 Å². The van der Waals surface area contributed by atoms with Crippen molar-refractivity contribution < 1.29 is 0 Å². The molecule has 0 saturated heterocycles. The molecule has 0 aromatic heterocycles. The van der Waals surface area contributed by atoms with Crippen LogP contribution in [0.25, 0.3) is 0 Å². The first-order chi connectivity index (χ1) is 6.56. The summed E-state index contributed by atoms with van der Waals surface area (Å²) in [5.74, 6) is 0. The lowest BCUT2D eigenvalue weighted by Gasteiger charge is -2.17. The second kappa shape index (κ2) is 4.58. The van der Waals surface area contributed by atoms with Gasteiger partial charge in [0.05, 0.1) is 0 Å². The van der Waals surface area contributed by atoms with Crippen LogP contribution < -0.4 is 11.5 Å². The van der Waals surface area contributed by atoms with Gasteiger partial charge in [0.2, 0.25) is 0 Å². The van der Waals surface area contributed by atoms with Gasteiger partial charge in [-0.25, -0.2) is 0 Å². The third-order valence-corrected chi connectivity index (χ3v) is 2.59. The van der Waals surface area contributed by atoms with Crippen molar-refractivity contribution in [3.8, 4) is 0 Å². The quantitative estimate of drug-likeness (QED) is 0.769. The summed E-state index contributed by atoms with van der Waals surface area (Å²) in [6.07, 6.45) is 0.852. The highest BCUT2D eigenvalue weighted by molar-refractivity contribution is 5.39. The smallest absolute Gasteiger partial charge is 0.0312 e. The summed E-state index contributed by atoms with van der Waals surface area (Å²) < 4.78 is 0. The van der Waals surface area contributed by atoms with Gasteiger partial charge >= 0.3 is 0 Å². The van der Waals surface area contributed by atoms with Gasteiger partial charge in [-0.1, -0.05) is 17.7 Å². The Morgan fingerprint density at radius 1 is 1.14 bits per heavy atom. The monoisotopic (exact) mass is 192 g/mol. The normalized spacial score (nSPS) is 12.9. The Balaban J connectivity index is 3.07. The van der Waals surface area contributed by atoms with E-state index in [4.69, 9.17) is 11.5 Å². The van der Waals surface area contributed by atoms with Crippen molar-refractivity contribution in [1.82, 2.24) is 0 Å². The maximum absolute atomic E-state index is 6.08. The molecule has 0 spiro atoms. The minimum atomic E-state index is 0.0839. The largest absolute Gasteiger partial charge is 0.330 e. The fraction of sp³-hybridized carbons (Fsp3) is 0.500. The topological polar surface area (TPSA) is 52.0 Å². The van der Waals surface area contributed by atoms with Crippen LogP contribution in [0.3, 0.4) is 0 Å². The SMILES string of the molecule is Cc1cc(C)c([C@@H](N)CCN)c(C)c1. The summed E-state index contributed by atoms with van der Waals surface area (Å²) in [4.78, 5) is 0. The predicted molar refractivity (Wildman–Crippen MR) is 61.3 cm³/mol. The summed E-state index contributed by atoms with van der Waals surface area (Å²) in [7, 11) is 0. The lowest BCUT2D eigenvalue weighted by molar-refractivity contribution is 0.653. The van der Waals surface area contributed by atoms with Gasteiger partial charge in [0.25, 0.3) is 0 Å². The fourth-order valence-corrected chi connectivity index (χ4v) is 2.10. The van der Waals surface area contributed by atoms with E-state index in [1.165, 1.54) is 22.3 Å². The van der Waals surface area contributed by atoms with Crippen molar-refractivity contribution in [3.63, 3.8) is 0 Å². The first-order valence-electron chi connectivity index (χ1n) is 5.09. The molecule has 0 aliphatic heterocycles. The second-order valence-corrected chi connectivity index (χ2v) is 4.00. The zero-order valence-electron chi connectivity index (χ0n) is 9.30. The maximum atomic E-state index is 6.08. The zero-order valence-corrected chi connectivity index (χ0v) is 9.30. The third-order valence-electron chi connectivity index (χ3n) is 2.59. The molecule has 0 aliphatic rings. The molecule has 4 N–H and O–H groups in total. The van der Waals surface area contributed by atoms with Crippen LogP contribution in [0.4, 0.5) is 0 Å². The number of benzene rings is 1. The van der Waals surface area contributed by atoms with E-state index < -0.39 is 0 Å². The van der Waals surface area contributed by atoms with Crippen LogP contribution >= 0.6 is 0 Å². The molecule has 2 nitrogen and oxygen atoms in total. The van der Waals surface area contributed by atoms with E-state index in [9.17, 15) is 0 Å². The van der Waals surface area contributed by atoms with Crippen LogP contribution in [-0.4, -0.2) is 6.54 Å². The van der Waals surface area contributed by atoms with Crippen LogP contribution in [0.15, 0.2) is 12.1 Å². The minimum absolute atomic E-state index is 0.0839. The van der Waals surface area contributed by atoms with E-state index in [0.29, 0.717) is 6.54 Å². The molecule has 1 aromatic carbocycles. The molecule has 0 amide bonds. The summed E-state index contributed by atoms with van der Waals surface area (Å²) in [6, 6.07) is 4.44. The van der Waals surface area contributed by atoms with E-state index >= 15 is 0 Å². The van der Waals surface area contributed by atoms with Gasteiger partial charge < -0.3 is 11.5 Å². The van der Waals surface area contributed by atoms with Gasteiger partial charge in [-0.15, -0.1) is 0 Å². The van der Waals surface area contributed by atoms with E-state index in [-0.39, 0.29) is 6.04 Å². The minimum Gasteiger partial charge on any atom is -0.330 e. The van der Waals surface area contributed by atoms with Crippen molar-refractivity contribution in [2.24, 2.45) is 11.5 Å². The Labute approximate surface area is 86.3 Å². The highest BCUT2D eigenvalue weighted by Crippen LogP contribution is 2.23. The summed E-state index contributed by atoms with van der Waals surface area (Å²) in [5, 5.41) is 0. The fourth-order valence-electron chi connectivity index (χ4n) is 2.10. The van der Waals surface area contributed by atoms with E-state index in [0.717, 1.165) is 6.42 Å². The molecule has 1 rings (SSSR count). The average Bonchev–Trinajstić information content (AvgIpc) is 2.01. The van der Waals surface area contributed by atoms with Crippen molar-refractivity contribution in [2.75, 3.05) is 6.54 Å². The van der Waals surface area contributed by atoms with Crippen LogP contribution in [0, 0.1) is 20.8 Å². The van der Waals surface area contributed by atoms with Crippen molar-refractivity contribution in [3.05, 3.63) is 34.4 Å². The molecule has 2 heteroatoms. The van der Waals surface area contributed by atoms with E-state index in [1.807, 2.05) is 0 Å². The van der Waals surface area contributed by atoms with Crippen molar-refractivity contribution >= 4 is 0 Å². The molecule has 0 fully saturated rings. The molecule has 1 aromatic rings. The van der Waals surface area contributed by atoms with Gasteiger partial charge in [-0.2, -0.15) is 0 Å². The molecule has 0 heterocycles. The molecule has 0 radical (unpaired) electrons. The number of hydrogen-bond acceptors (Lipinski definition) is 2. The molecule has 0 aliphatic carbocycles. The van der Waals surface area contributed by atoms with Crippen LogP contribution in [0.1, 0.15) is 34.7 Å². The molecular formula is C12H20N2. The average molecular weight is 192 g/mol. The predicted octanol–water partition coefficient (Wildman–Crippen LogP) is 1.96. The summed E-state index contributed by atoms with van der Waals surface area (Å²) in [6.45, 7) is 6.99. The highest BCUT2D eigenvalue weighted by Gasteiger charge is 2.11. The maximum Gasteiger partial charge on any atom is 0.0312 e. The first kappa shape index (κ1) is 11.2. The van der Waals surface area contributed by atoms with Crippen LogP contribution in [-0.2, 0) is 0 Å². The third kappa shape index (κ3) is 2.34. The van der Waals surface area contributed by atoms with Gasteiger partial charge in [0, 0.05) is 6.04 Å². The summed E-state index contributed by atoms with van der Waals surface area (Å²) in [5.41, 5.74) is 16.7. The van der Waals surface area contributed by atoms with Gasteiger partial charge in [-0.05, 0) is 50.4 Å². The highest BCUT2D eigenvalue weighted by atomic mass is 14.7. The van der Waals surface area contributed by atoms with Crippen molar-refractivity contribution in [2.45, 2.75) is 33.2 Å². The van der Waals surface area contributed by atoms with Crippen LogP contribution in [0.5, 0.6) is 0 Å². The summed E-state index contributed by atoms with van der Waals surface area (Å²) >= 11 is 0. The number of hydrogen-bond donors (Lipinski definition) is 2. The Hall–Kier alpha value is -0.860. The van der Waals surface area contributed by atoms with Gasteiger partial charge in [0.15, 0.2) is 0 Å². The Bertz CT molecular complexity index is 295. The molecule has 0 saturated carbocycles. The van der Waals surface area contributed by atoms with E-state index in [2.05, 4.69) is 32.9 Å². The Morgan fingerprint density at radius 2 is 1.64 bits per heavy atom.